The first-order valence-corrected chi connectivity index (χ1v) is 11.1. The van der Waals surface area contributed by atoms with Crippen molar-refractivity contribution in [3.05, 3.63) is 65.0 Å². The molecule has 32 heavy (non-hydrogen) atoms. The minimum absolute atomic E-state index is 0.427. The van der Waals surface area contributed by atoms with Gasteiger partial charge in [-0.25, -0.2) is 0 Å². The number of nitrogens with two attached hydrogens (primary N) is 1. The van der Waals surface area contributed by atoms with Crippen LogP contribution in [-0.2, 0) is 13.0 Å². The molecule has 2 N–H and O–H groups in total. The highest BCUT2D eigenvalue weighted by Crippen LogP contribution is 2.40. The Morgan fingerprint density at radius 3 is 2.59 bits per heavy atom. The van der Waals surface area contributed by atoms with Gasteiger partial charge < -0.3 is 24.5 Å². The maximum absolute atomic E-state index is 12.6. The van der Waals surface area contributed by atoms with Gasteiger partial charge >= 0.3 is 0 Å². The summed E-state index contributed by atoms with van der Waals surface area (Å²) in [6, 6.07) is 13.8. The number of hydrogen-bond donors (Lipinski definition) is 1. The third-order valence-corrected chi connectivity index (χ3v) is 6.00. The molecule has 0 radical (unpaired) electrons. The monoisotopic (exact) mass is 434 g/mol. The van der Waals surface area contributed by atoms with E-state index in [4.69, 9.17) is 19.9 Å². The maximum atomic E-state index is 12.6. The van der Waals surface area contributed by atoms with E-state index in [-0.39, 0.29) is 0 Å². The second-order valence-electron chi connectivity index (χ2n) is 8.01. The number of carbonyl (C=O) groups excluding carboxylic acids is 1. The molecule has 1 aromatic heterocycles. The van der Waals surface area contributed by atoms with Crippen molar-refractivity contribution >= 4 is 5.91 Å². The van der Waals surface area contributed by atoms with E-state index in [1.54, 1.807) is 7.11 Å². The summed E-state index contributed by atoms with van der Waals surface area (Å²) >= 11 is 0. The second-order valence-corrected chi connectivity index (χ2v) is 8.01. The SMILES string of the molecule is CCCCc1c(-c2ccc3c(c2)OCCO3)c(C(N)=O)c(C)n1Cc1ccccc1OC. The highest BCUT2D eigenvalue weighted by molar-refractivity contribution is 6.02. The Balaban J connectivity index is 1.90. The first kappa shape index (κ1) is 21.8. The molecule has 0 fully saturated rings. The molecule has 6 heteroatoms. The lowest BCUT2D eigenvalue weighted by Crippen LogP contribution is -2.15. The van der Waals surface area contributed by atoms with Crippen LogP contribution in [0.25, 0.3) is 11.1 Å². The molecule has 0 bridgehead atoms. The molecule has 0 saturated carbocycles. The number of carbonyl (C=O) groups is 1. The summed E-state index contributed by atoms with van der Waals surface area (Å²) in [6.45, 7) is 5.77. The molecule has 4 rings (SSSR count). The van der Waals surface area contributed by atoms with Gasteiger partial charge in [-0.2, -0.15) is 0 Å². The number of fused-ring (bicyclic) bond motifs is 1. The van der Waals surface area contributed by atoms with Crippen molar-refractivity contribution in [2.45, 2.75) is 39.7 Å². The average Bonchev–Trinajstić information content (AvgIpc) is 3.09. The zero-order valence-electron chi connectivity index (χ0n) is 18.9. The molecule has 6 nitrogen and oxygen atoms in total. The number of methoxy groups -OCH3 is 1. The molecule has 168 valence electrons. The molecule has 3 aromatic rings. The highest BCUT2D eigenvalue weighted by Gasteiger charge is 2.26. The average molecular weight is 435 g/mol. The van der Waals surface area contributed by atoms with Crippen LogP contribution in [0, 0.1) is 6.92 Å². The molecular formula is C26H30N2O4. The third kappa shape index (κ3) is 4.05. The number of benzene rings is 2. The Morgan fingerprint density at radius 1 is 1.12 bits per heavy atom. The molecule has 0 spiro atoms. The molecule has 1 amide bonds. The second kappa shape index (κ2) is 9.39. The number of unbranched alkanes of at least 4 members (excludes halogenated alkanes) is 1. The number of ether oxygens (including phenoxy) is 3. The van der Waals surface area contributed by atoms with Crippen LogP contribution in [0.2, 0.25) is 0 Å². The van der Waals surface area contributed by atoms with Gasteiger partial charge in [-0.1, -0.05) is 37.6 Å². The molecular weight excluding hydrogens is 404 g/mol. The van der Waals surface area contributed by atoms with Gasteiger partial charge in [0.15, 0.2) is 11.5 Å². The van der Waals surface area contributed by atoms with Crippen LogP contribution in [0.5, 0.6) is 17.2 Å². The van der Waals surface area contributed by atoms with Crippen molar-refractivity contribution < 1.29 is 19.0 Å². The predicted octanol–water partition coefficient (Wildman–Crippen LogP) is 4.73. The maximum Gasteiger partial charge on any atom is 0.251 e. The van der Waals surface area contributed by atoms with Gasteiger partial charge in [0.25, 0.3) is 5.91 Å². The third-order valence-electron chi connectivity index (χ3n) is 6.00. The van der Waals surface area contributed by atoms with E-state index in [0.29, 0.717) is 31.1 Å². The summed E-state index contributed by atoms with van der Waals surface area (Å²) in [5.41, 5.74) is 11.3. The number of nitrogens with zero attached hydrogens (tertiary/aromatic N) is 1. The molecule has 1 aliphatic heterocycles. The zero-order chi connectivity index (χ0) is 22.7. The Labute approximate surface area is 188 Å². The van der Waals surface area contributed by atoms with Crippen LogP contribution in [0.4, 0.5) is 0 Å². The normalized spacial score (nSPS) is 12.6. The van der Waals surface area contributed by atoms with Crippen LogP contribution in [0.15, 0.2) is 42.5 Å². The van der Waals surface area contributed by atoms with Crippen LogP contribution in [0.1, 0.15) is 47.1 Å². The first-order valence-electron chi connectivity index (χ1n) is 11.1. The standard InChI is InChI=1S/C26H30N2O4/c1-4-5-9-20-25(18-11-12-22-23(15-18)32-14-13-31-22)24(26(27)29)17(2)28(20)16-19-8-6-7-10-21(19)30-3/h6-8,10-12,15H,4-5,9,13-14,16H2,1-3H3,(H2,27,29). The van der Waals surface area contributed by atoms with Crippen molar-refractivity contribution in [1.82, 2.24) is 4.57 Å². The molecule has 2 aromatic carbocycles. The van der Waals surface area contributed by atoms with E-state index >= 15 is 0 Å². The predicted molar refractivity (Wildman–Crippen MR) is 125 cm³/mol. The van der Waals surface area contributed by atoms with E-state index in [1.165, 1.54) is 0 Å². The number of rotatable bonds is 8. The Kier molecular flexibility index (Phi) is 6.40. The fourth-order valence-corrected chi connectivity index (χ4v) is 4.43. The fraction of sp³-hybridized carbons (Fsp3) is 0.346. The highest BCUT2D eigenvalue weighted by atomic mass is 16.6. The number of aromatic nitrogens is 1. The topological polar surface area (TPSA) is 75.7 Å². The summed E-state index contributed by atoms with van der Waals surface area (Å²) in [5.74, 6) is 1.81. The Bertz CT molecular complexity index is 1130. The Morgan fingerprint density at radius 2 is 1.88 bits per heavy atom. The van der Waals surface area contributed by atoms with Gasteiger partial charge in [-0.15, -0.1) is 0 Å². The summed E-state index contributed by atoms with van der Waals surface area (Å²) in [4.78, 5) is 12.6. The molecule has 0 unspecified atom stereocenters. The zero-order valence-corrected chi connectivity index (χ0v) is 18.9. The van der Waals surface area contributed by atoms with Crippen LogP contribution < -0.4 is 19.9 Å². The van der Waals surface area contributed by atoms with Gasteiger partial charge in [0.05, 0.1) is 19.2 Å². The first-order chi connectivity index (χ1) is 15.5. The van der Waals surface area contributed by atoms with Crippen molar-refractivity contribution in [2.24, 2.45) is 5.73 Å². The van der Waals surface area contributed by atoms with Crippen LogP contribution in [0.3, 0.4) is 0 Å². The lowest BCUT2D eigenvalue weighted by Gasteiger charge is -2.19. The summed E-state index contributed by atoms with van der Waals surface area (Å²) in [7, 11) is 1.68. The smallest absolute Gasteiger partial charge is 0.251 e. The van der Waals surface area contributed by atoms with E-state index in [1.807, 2.05) is 43.3 Å². The van der Waals surface area contributed by atoms with Crippen molar-refractivity contribution in [3.63, 3.8) is 0 Å². The number of amides is 1. The van der Waals surface area contributed by atoms with Gasteiger partial charge in [0, 0.05) is 22.5 Å². The number of para-hydroxylation sites is 1. The summed E-state index contributed by atoms with van der Waals surface area (Å²) < 4.78 is 19.3. The number of primary amides is 1. The van der Waals surface area contributed by atoms with Gasteiger partial charge in [0.1, 0.15) is 19.0 Å². The van der Waals surface area contributed by atoms with Gasteiger partial charge in [0.2, 0.25) is 0 Å². The molecule has 0 atom stereocenters. The van der Waals surface area contributed by atoms with Gasteiger partial charge in [-0.05, 0) is 43.5 Å². The minimum atomic E-state index is -0.427. The van der Waals surface area contributed by atoms with Crippen molar-refractivity contribution in [3.8, 4) is 28.4 Å². The molecule has 2 heterocycles. The van der Waals surface area contributed by atoms with Crippen LogP contribution >= 0.6 is 0 Å². The Hall–Kier alpha value is -3.41. The quantitative estimate of drug-likeness (QED) is 0.556. The minimum Gasteiger partial charge on any atom is -0.496 e. The van der Waals surface area contributed by atoms with Crippen molar-refractivity contribution in [2.75, 3.05) is 20.3 Å². The van der Waals surface area contributed by atoms with E-state index in [2.05, 4.69) is 17.6 Å². The summed E-state index contributed by atoms with van der Waals surface area (Å²) in [5, 5.41) is 0. The van der Waals surface area contributed by atoms with E-state index in [0.717, 1.165) is 58.8 Å². The molecule has 0 aliphatic carbocycles. The van der Waals surface area contributed by atoms with E-state index in [9.17, 15) is 4.79 Å². The molecule has 1 aliphatic rings. The fourth-order valence-electron chi connectivity index (χ4n) is 4.43. The van der Waals surface area contributed by atoms with Crippen LogP contribution in [-0.4, -0.2) is 30.8 Å². The largest absolute Gasteiger partial charge is 0.496 e. The summed E-state index contributed by atoms with van der Waals surface area (Å²) in [6.07, 6.45) is 2.89. The number of hydrogen-bond acceptors (Lipinski definition) is 4. The lowest BCUT2D eigenvalue weighted by atomic mass is 9.97. The molecule has 0 saturated heterocycles. The lowest BCUT2D eigenvalue weighted by molar-refractivity contribution is 0.1000. The van der Waals surface area contributed by atoms with E-state index < -0.39 is 5.91 Å². The van der Waals surface area contributed by atoms with Gasteiger partial charge in [-0.3, -0.25) is 4.79 Å². The van der Waals surface area contributed by atoms with Crippen molar-refractivity contribution in [1.29, 1.82) is 0 Å².